The third kappa shape index (κ3) is 4.33. The van der Waals surface area contributed by atoms with Crippen LogP contribution in [0.25, 0.3) is 0 Å². The number of hydrogen-bond donors (Lipinski definition) is 1. The van der Waals surface area contributed by atoms with Gasteiger partial charge in [0.1, 0.15) is 5.82 Å². The standard InChI is InChI=1S/C15H24ClN3O/c1-3-6-17-10-12-9-15(18-11-14(12)16)19(7-8-20-2)13-4-5-13/h9,11,13,17H,3-8,10H2,1-2H3. The lowest BCUT2D eigenvalue weighted by molar-refractivity contribution is 0.204. The molecule has 0 atom stereocenters. The van der Waals surface area contributed by atoms with Crippen LogP contribution in [0.1, 0.15) is 31.7 Å². The van der Waals surface area contributed by atoms with Gasteiger partial charge in [0.2, 0.25) is 0 Å². The predicted octanol–water partition coefficient (Wildman–Crippen LogP) is 2.85. The first kappa shape index (κ1) is 15.5. The molecule has 1 aromatic heterocycles. The van der Waals surface area contributed by atoms with Gasteiger partial charge in [0.15, 0.2) is 0 Å². The van der Waals surface area contributed by atoms with Crippen LogP contribution in [-0.2, 0) is 11.3 Å². The quantitative estimate of drug-likeness (QED) is 0.711. The van der Waals surface area contributed by atoms with Gasteiger partial charge in [-0.25, -0.2) is 4.98 Å². The average molecular weight is 298 g/mol. The van der Waals surface area contributed by atoms with Gasteiger partial charge in [0.05, 0.1) is 11.6 Å². The summed E-state index contributed by atoms with van der Waals surface area (Å²) in [4.78, 5) is 6.83. The Labute approximate surface area is 126 Å². The fraction of sp³-hybridized carbons (Fsp3) is 0.667. The van der Waals surface area contributed by atoms with Crippen molar-refractivity contribution in [2.24, 2.45) is 0 Å². The molecule has 1 saturated carbocycles. The number of ether oxygens (including phenoxy) is 1. The Morgan fingerprint density at radius 1 is 1.50 bits per heavy atom. The zero-order valence-corrected chi connectivity index (χ0v) is 13.1. The van der Waals surface area contributed by atoms with E-state index in [4.69, 9.17) is 16.3 Å². The number of anilines is 1. The molecule has 0 radical (unpaired) electrons. The van der Waals surface area contributed by atoms with Crippen molar-refractivity contribution in [3.8, 4) is 0 Å². The zero-order chi connectivity index (χ0) is 14.4. The number of aromatic nitrogens is 1. The summed E-state index contributed by atoms with van der Waals surface area (Å²) in [6.45, 7) is 5.57. The Morgan fingerprint density at radius 3 is 2.95 bits per heavy atom. The van der Waals surface area contributed by atoms with Crippen LogP contribution in [0.3, 0.4) is 0 Å². The fourth-order valence-corrected chi connectivity index (χ4v) is 2.39. The summed E-state index contributed by atoms with van der Waals surface area (Å²) < 4.78 is 5.20. The molecule has 4 nitrogen and oxygen atoms in total. The lowest BCUT2D eigenvalue weighted by Crippen LogP contribution is -2.30. The first-order chi connectivity index (χ1) is 9.76. The summed E-state index contributed by atoms with van der Waals surface area (Å²) in [5, 5.41) is 4.13. The van der Waals surface area contributed by atoms with Crippen LogP contribution in [0.5, 0.6) is 0 Å². The smallest absolute Gasteiger partial charge is 0.129 e. The van der Waals surface area contributed by atoms with Gasteiger partial charge >= 0.3 is 0 Å². The lowest BCUT2D eigenvalue weighted by Gasteiger charge is -2.24. The van der Waals surface area contributed by atoms with E-state index >= 15 is 0 Å². The van der Waals surface area contributed by atoms with Gasteiger partial charge < -0.3 is 15.0 Å². The van der Waals surface area contributed by atoms with Crippen LogP contribution in [0.2, 0.25) is 5.02 Å². The van der Waals surface area contributed by atoms with E-state index in [1.165, 1.54) is 12.8 Å². The molecule has 5 heteroatoms. The first-order valence-electron chi connectivity index (χ1n) is 7.37. The maximum absolute atomic E-state index is 6.23. The molecular formula is C15H24ClN3O. The van der Waals surface area contributed by atoms with Crippen LogP contribution >= 0.6 is 11.6 Å². The van der Waals surface area contributed by atoms with Crippen LogP contribution in [0.15, 0.2) is 12.3 Å². The molecule has 1 aliphatic rings. The molecule has 1 aromatic rings. The summed E-state index contributed by atoms with van der Waals surface area (Å²) in [6.07, 6.45) is 5.38. The van der Waals surface area contributed by atoms with Crippen molar-refractivity contribution < 1.29 is 4.74 Å². The van der Waals surface area contributed by atoms with E-state index in [2.05, 4.69) is 28.2 Å². The summed E-state index contributed by atoms with van der Waals surface area (Å²) in [6, 6.07) is 2.73. The van der Waals surface area contributed by atoms with E-state index in [9.17, 15) is 0 Å². The normalized spacial score (nSPS) is 14.6. The number of nitrogens with one attached hydrogen (secondary N) is 1. The number of rotatable bonds is 9. The van der Waals surface area contributed by atoms with Gasteiger partial charge in [-0.3, -0.25) is 0 Å². The SMILES string of the molecule is CCCNCc1cc(N(CCOC)C2CC2)ncc1Cl. The maximum atomic E-state index is 6.23. The molecule has 0 unspecified atom stereocenters. The highest BCUT2D eigenvalue weighted by Gasteiger charge is 2.29. The summed E-state index contributed by atoms with van der Waals surface area (Å²) in [7, 11) is 1.74. The highest BCUT2D eigenvalue weighted by atomic mass is 35.5. The first-order valence-corrected chi connectivity index (χ1v) is 7.74. The highest BCUT2D eigenvalue weighted by Crippen LogP contribution is 2.31. The molecule has 0 aromatic carbocycles. The van der Waals surface area contributed by atoms with E-state index < -0.39 is 0 Å². The van der Waals surface area contributed by atoms with E-state index in [1.54, 1.807) is 13.3 Å². The second-order valence-corrected chi connectivity index (χ2v) is 5.64. The molecule has 112 valence electrons. The fourth-order valence-electron chi connectivity index (χ4n) is 2.22. The Balaban J connectivity index is 2.07. The van der Waals surface area contributed by atoms with Gasteiger partial charge in [-0.1, -0.05) is 18.5 Å². The van der Waals surface area contributed by atoms with E-state index in [0.29, 0.717) is 6.04 Å². The summed E-state index contributed by atoms with van der Waals surface area (Å²) in [5.74, 6) is 1.02. The minimum Gasteiger partial charge on any atom is -0.383 e. The van der Waals surface area contributed by atoms with Crippen LogP contribution in [0.4, 0.5) is 5.82 Å². The highest BCUT2D eigenvalue weighted by molar-refractivity contribution is 6.31. The van der Waals surface area contributed by atoms with Gasteiger partial charge in [0.25, 0.3) is 0 Å². The number of halogens is 1. The number of methoxy groups -OCH3 is 1. The number of nitrogens with zero attached hydrogens (tertiary/aromatic N) is 2. The Hall–Kier alpha value is -0.840. The van der Waals surface area contributed by atoms with Gasteiger partial charge in [-0.2, -0.15) is 0 Å². The Morgan fingerprint density at radius 2 is 2.30 bits per heavy atom. The Kier molecular flexibility index (Phi) is 6.07. The second kappa shape index (κ2) is 7.81. The molecule has 0 aliphatic heterocycles. The third-order valence-electron chi connectivity index (χ3n) is 3.48. The monoisotopic (exact) mass is 297 g/mol. The molecule has 0 amide bonds. The lowest BCUT2D eigenvalue weighted by atomic mass is 10.2. The zero-order valence-electron chi connectivity index (χ0n) is 12.4. The van der Waals surface area contributed by atoms with E-state index in [-0.39, 0.29) is 0 Å². The van der Waals surface area contributed by atoms with Crippen LogP contribution in [-0.4, -0.2) is 37.8 Å². The molecule has 2 rings (SSSR count). The van der Waals surface area contributed by atoms with Crippen LogP contribution < -0.4 is 10.2 Å². The molecule has 0 bridgehead atoms. The van der Waals surface area contributed by atoms with Crippen molar-refractivity contribution in [1.82, 2.24) is 10.3 Å². The minimum atomic E-state index is 0.621. The summed E-state index contributed by atoms with van der Waals surface area (Å²) >= 11 is 6.23. The second-order valence-electron chi connectivity index (χ2n) is 5.23. The van der Waals surface area contributed by atoms with Crippen molar-refractivity contribution in [3.05, 3.63) is 22.8 Å². The largest absolute Gasteiger partial charge is 0.383 e. The van der Waals surface area contributed by atoms with Crippen molar-refractivity contribution in [3.63, 3.8) is 0 Å². The molecule has 1 heterocycles. The number of hydrogen-bond acceptors (Lipinski definition) is 4. The molecular weight excluding hydrogens is 274 g/mol. The van der Waals surface area contributed by atoms with Gasteiger partial charge in [0, 0.05) is 32.4 Å². The van der Waals surface area contributed by atoms with E-state index in [0.717, 1.165) is 49.1 Å². The van der Waals surface area contributed by atoms with Crippen LogP contribution in [0, 0.1) is 0 Å². The molecule has 1 N–H and O–H groups in total. The molecule has 0 saturated heterocycles. The van der Waals surface area contributed by atoms with Crippen molar-refractivity contribution in [1.29, 1.82) is 0 Å². The average Bonchev–Trinajstić information content (AvgIpc) is 3.27. The number of pyridine rings is 1. The summed E-state index contributed by atoms with van der Waals surface area (Å²) in [5.41, 5.74) is 1.12. The van der Waals surface area contributed by atoms with Crippen molar-refractivity contribution >= 4 is 17.4 Å². The molecule has 1 fully saturated rings. The predicted molar refractivity (Wildman–Crippen MR) is 83.5 cm³/mol. The molecule has 1 aliphatic carbocycles. The van der Waals surface area contributed by atoms with Gasteiger partial charge in [-0.05, 0) is 37.4 Å². The third-order valence-corrected chi connectivity index (χ3v) is 3.82. The Bertz CT molecular complexity index is 424. The van der Waals surface area contributed by atoms with Gasteiger partial charge in [-0.15, -0.1) is 0 Å². The molecule has 0 spiro atoms. The maximum Gasteiger partial charge on any atom is 0.129 e. The van der Waals surface area contributed by atoms with Crippen molar-refractivity contribution in [2.45, 2.75) is 38.8 Å². The molecule has 20 heavy (non-hydrogen) atoms. The topological polar surface area (TPSA) is 37.4 Å². The van der Waals surface area contributed by atoms with E-state index in [1.807, 2.05) is 0 Å². The van der Waals surface area contributed by atoms with Crippen molar-refractivity contribution in [2.75, 3.05) is 31.7 Å². The minimum absolute atomic E-state index is 0.621.